The molecular weight excluding hydrogens is 426 g/mol. The summed E-state index contributed by atoms with van der Waals surface area (Å²) in [6, 6.07) is 14.6. The van der Waals surface area contributed by atoms with Gasteiger partial charge in [0.1, 0.15) is 6.29 Å². The Morgan fingerprint density at radius 2 is 1.59 bits per heavy atom. The number of rotatable bonds is 8. The monoisotopic (exact) mass is 460 g/mol. The van der Waals surface area contributed by atoms with Crippen LogP contribution in [0.15, 0.2) is 109 Å². The van der Waals surface area contributed by atoms with Gasteiger partial charge in [0.05, 0.1) is 0 Å². The molecule has 0 saturated heterocycles. The minimum Gasteiger partial charge on any atom is -0.304 e. The lowest BCUT2D eigenvalue weighted by molar-refractivity contribution is -0.106. The first kappa shape index (κ1) is 28.4. The van der Waals surface area contributed by atoms with Gasteiger partial charge in [-0.05, 0) is 72.7 Å². The molecule has 2 aromatic carbocycles. The van der Waals surface area contributed by atoms with Crippen molar-refractivity contribution in [1.82, 2.24) is 0 Å². The summed E-state index contributed by atoms with van der Waals surface area (Å²) < 4.78 is 27.1. The largest absolute Gasteiger partial charge is 0.304 e. The van der Waals surface area contributed by atoms with Gasteiger partial charge in [0.25, 0.3) is 5.92 Å². The van der Waals surface area contributed by atoms with E-state index in [4.69, 9.17) is 4.79 Å². The van der Waals surface area contributed by atoms with Gasteiger partial charge in [-0.1, -0.05) is 92.1 Å². The van der Waals surface area contributed by atoms with Crippen molar-refractivity contribution in [1.29, 1.82) is 0 Å². The Kier molecular flexibility index (Phi) is 11.6. The lowest BCUT2D eigenvalue weighted by atomic mass is 9.98. The van der Waals surface area contributed by atoms with Crippen LogP contribution < -0.4 is 0 Å². The molecule has 0 aromatic heterocycles. The molecule has 0 atom stereocenters. The second-order valence-corrected chi connectivity index (χ2v) is 7.90. The highest BCUT2D eigenvalue weighted by molar-refractivity contribution is 5.70. The van der Waals surface area contributed by atoms with Gasteiger partial charge in [0.2, 0.25) is 0 Å². The fourth-order valence-corrected chi connectivity index (χ4v) is 3.11. The van der Waals surface area contributed by atoms with Crippen molar-refractivity contribution in [2.75, 3.05) is 0 Å². The van der Waals surface area contributed by atoms with Crippen LogP contribution in [0, 0.1) is 6.92 Å². The first-order chi connectivity index (χ1) is 16.0. The topological polar surface area (TPSA) is 17.1 Å². The van der Waals surface area contributed by atoms with Gasteiger partial charge in [-0.2, -0.15) is 0 Å². The van der Waals surface area contributed by atoms with Crippen molar-refractivity contribution in [2.24, 2.45) is 0 Å². The molecule has 0 spiro atoms. The Labute approximate surface area is 203 Å². The van der Waals surface area contributed by atoms with E-state index >= 15 is 0 Å². The number of carbonyl (C=O) groups excluding carboxylic acids is 1. The molecule has 0 heterocycles. The molecule has 3 heteroatoms. The first-order valence-electron chi connectivity index (χ1n) is 11.1. The number of hydrogen-bond donors (Lipinski definition) is 0. The summed E-state index contributed by atoms with van der Waals surface area (Å²) in [4.78, 5) is 8.81. The third kappa shape index (κ3) is 9.50. The number of allylic oxidation sites excluding steroid dienone is 9. The fourth-order valence-electron chi connectivity index (χ4n) is 3.11. The predicted molar refractivity (Wildman–Crippen MR) is 143 cm³/mol. The molecule has 0 amide bonds. The molecule has 0 aliphatic rings. The van der Waals surface area contributed by atoms with Crippen LogP contribution in [-0.2, 0) is 10.7 Å². The van der Waals surface area contributed by atoms with Gasteiger partial charge < -0.3 is 4.79 Å². The van der Waals surface area contributed by atoms with Crippen molar-refractivity contribution in [3.8, 4) is 0 Å². The normalized spacial score (nSPS) is 12.4. The molecule has 2 aromatic rings. The fraction of sp³-hybridized carbons (Fsp3) is 0.194. The van der Waals surface area contributed by atoms with E-state index < -0.39 is 5.92 Å². The minimum atomic E-state index is -2.85. The average Bonchev–Trinajstić information content (AvgIpc) is 2.79. The molecule has 0 aliphatic carbocycles. The molecular formula is C31H34F2O. The van der Waals surface area contributed by atoms with Crippen molar-refractivity contribution < 1.29 is 13.6 Å². The predicted octanol–water partition coefficient (Wildman–Crippen LogP) is 9.04. The van der Waals surface area contributed by atoms with Crippen molar-refractivity contribution in [3.63, 3.8) is 0 Å². The maximum atomic E-state index is 13.5. The van der Waals surface area contributed by atoms with E-state index in [1.165, 1.54) is 30.2 Å². The number of hydrogen-bond acceptors (Lipinski definition) is 1. The SMILES string of the molecule is C=C(\C=C/C(=C\C)/C=C/c1cccc(C(C)(F)F)c1)C(=C)/C=C(/C)c1ccccc1C.CC=O. The zero-order valence-corrected chi connectivity index (χ0v) is 20.7. The summed E-state index contributed by atoms with van der Waals surface area (Å²) in [5.74, 6) is -2.85. The van der Waals surface area contributed by atoms with Crippen molar-refractivity contribution >= 4 is 17.9 Å². The summed E-state index contributed by atoms with van der Waals surface area (Å²) >= 11 is 0. The van der Waals surface area contributed by atoms with Crippen LogP contribution in [0.5, 0.6) is 0 Å². The van der Waals surface area contributed by atoms with Gasteiger partial charge >= 0.3 is 0 Å². The number of carbonyl (C=O) groups is 1. The third-order valence-electron chi connectivity index (χ3n) is 5.05. The molecule has 0 bridgehead atoms. The highest BCUT2D eigenvalue weighted by Crippen LogP contribution is 2.27. The van der Waals surface area contributed by atoms with Gasteiger partial charge in [-0.3, -0.25) is 0 Å². The highest BCUT2D eigenvalue weighted by Gasteiger charge is 2.23. The Balaban J connectivity index is 0.00000182. The van der Waals surface area contributed by atoms with Crippen LogP contribution in [0.2, 0.25) is 0 Å². The van der Waals surface area contributed by atoms with Crippen LogP contribution in [0.4, 0.5) is 8.78 Å². The second-order valence-electron chi connectivity index (χ2n) is 7.90. The summed E-state index contributed by atoms with van der Waals surface area (Å²) in [7, 11) is 0. The number of alkyl halides is 2. The summed E-state index contributed by atoms with van der Waals surface area (Å²) in [5, 5.41) is 0. The van der Waals surface area contributed by atoms with E-state index in [1.54, 1.807) is 6.07 Å². The van der Waals surface area contributed by atoms with Gasteiger partial charge in [-0.25, -0.2) is 8.78 Å². The maximum absolute atomic E-state index is 13.5. The summed E-state index contributed by atoms with van der Waals surface area (Å²) in [6.07, 6.45) is 12.3. The van der Waals surface area contributed by atoms with E-state index in [1.807, 2.05) is 61.6 Å². The molecule has 178 valence electrons. The van der Waals surface area contributed by atoms with Crippen LogP contribution in [0.25, 0.3) is 11.6 Å². The van der Waals surface area contributed by atoms with E-state index in [0.717, 1.165) is 41.1 Å². The molecule has 0 radical (unpaired) electrons. The lowest BCUT2D eigenvalue weighted by Crippen LogP contribution is -2.06. The molecule has 0 unspecified atom stereocenters. The quantitative estimate of drug-likeness (QED) is 0.284. The smallest absolute Gasteiger partial charge is 0.270 e. The number of aldehydes is 1. The molecule has 1 nitrogen and oxygen atoms in total. The highest BCUT2D eigenvalue weighted by atomic mass is 19.3. The first-order valence-corrected chi connectivity index (χ1v) is 11.1. The lowest BCUT2D eigenvalue weighted by Gasteiger charge is -2.10. The number of halogens is 2. The van der Waals surface area contributed by atoms with E-state index in [0.29, 0.717) is 0 Å². The van der Waals surface area contributed by atoms with Gasteiger partial charge in [-0.15, -0.1) is 0 Å². The average molecular weight is 461 g/mol. The Morgan fingerprint density at radius 1 is 0.941 bits per heavy atom. The van der Waals surface area contributed by atoms with E-state index in [2.05, 4.69) is 39.1 Å². The number of benzene rings is 2. The van der Waals surface area contributed by atoms with Gasteiger partial charge in [0, 0.05) is 12.5 Å². The van der Waals surface area contributed by atoms with Crippen molar-refractivity contribution in [3.05, 3.63) is 131 Å². The standard InChI is InChI=1S/C29H30F2.C2H4O/c1-7-25(17-18-26-12-10-13-27(20-26)29(6,30)31)16-15-21(2)23(4)19-24(5)28-14-9-8-11-22(28)3;1-2-3/h7-20H,2,4H2,1,3,5-6H3;2H,1H3/b16-15-,18-17+,24-19-,25-7+;. The zero-order valence-electron chi connectivity index (χ0n) is 20.7. The molecule has 34 heavy (non-hydrogen) atoms. The van der Waals surface area contributed by atoms with Crippen LogP contribution in [0.3, 0.4) is 0 Å². The molecule has 0 aliphatic heterocycles. The molecule has 0 saturated carbocycles. The zero-order chi connectivity index (χ0) is 25.7. The molecule has 0 N–H and O–H groups in total. The summed E-state index contributed by atoms with van der Waals surface area (Å²) in [6.45, 7) is 16.7. The molecule has 2 rings (SSSR count). The van der Waals surface area contributed by atoms with Crippen LogP contribution in [0.1, 0.15) is 49.9 Å². The van der Waals surface area contributed by atoms with E-state index in [9.17, 15) is 8.78 Å². The van der Waals surface area contributed by atoms with Gasteiger partial charge in [0.15, 0.2) is 0 Å². The Bertz CT molecular complexity index is 1120. The second kappa shape index (κ2) is 13.8. The van der Waals surface area contributed by atoms with Crippen molar-refractivity contribution in [2.45, 2.75) is 40.5 Å². The summed E-state index contributed by atoms with van der Waals surface area (Å²) in [5.41, 5.74) is 6.88. The van der Waals surface area contributed by atoms with E-state index in [-0.39, 0.29) is 5.56 Å². The molecule has 0 fully saturated rings. The Hall–Kier alpha value is -3.59. The van der Waals surface area contributed by atoms with Crippen LogP contribution >= 0.6 is 0 Å². The Morgan fingerprint density at radius 3 is 2.18 bits per heavy atom. The number of aryl methyl sites for hydroxylation is 1. The maximum Gasteiger partial charge on any atom is 0.270 e. The van der Waals surface area contributed by atoms with Crippen LogP contribution in [-0.4, -0.2) is 6.29 Å². The third-order valence-corrected chi connectivity index (χ3v) is 5.05. The minimum absolute atomic E-state index is 0.00714.